The quantitative estimate of drug-likeness (QED) is 0.673. The molecular weight excluding hydrogens is 250 g/mol. The summed E-state index contributed by atoms with van der Waals surface area (Å²) in [5.41, 5.74) is 1.71. The Morgan fingerprint density at radius 1 is 0.923 bits per heavy atom. The summed E-state index contributed by atoms with van der Waals surface area (Å²) in [6.07, 6.45) is 0. The van der Waals surface area contributed by atoms with Crippen molar-refractivity contribution in [2.24, 2.45) is 0 Å². The molecule has 0 amide bonds. The molecule has 0 bridgehead atoms. The summed E-state index contributed by atoms with van der Waals surface area (Å²) in [4.78, 5) is -1.32. The summed E-state index contributed by atoms with van der Waals surface area (Å²) in [5, 5.41) is 0. The van der Waals surface area contributed by atoms with E-state index >= 15 is 0 Å². The lowest BCUT2D eigenvalue weighted by Crippen LogP contribution is -1.94. The lowest BCUT2D eigenvalue weighted by molar-refractivity contribution is 1.23. The van der Waals surface area contributed by atoms with Crippen molar-refractivity contribution in [1.82, 2.24) is 0 Å². The first kappa shape index (κ1) is 11.5. The number of hydrogen-bond acceptors (Lipinski definition) is 0. The van der Waals surface area contributed by atoms with Gasteiger partial charge in [-0.2, -0.15) is 0 Å². The molecule has 0 saturated carbocycles. The molecule has 0 N–H and O–H groups in total. The molecule has 0 fully saturated rings. The first-order chi connectivity index (χ1) is 6.04. The molecule has 4 heteroatoms. The van der Waals surface area contributed by atoms with Gasteiger partial charge in [0.25, 0.3) is 0 Å². The molecule has 0 heterocycles. The SMILES string of the molecule is [CH]c1c(C(Cl)Cl)cccc1C(Cl)Cl. The van der Waals surface area contributed by atoms with E-state index in [2.05, 4.69) is 0 Å². The van der Waals surface area contributed by atoms with Crippen LogP contribution in [0.25, 0.3) is 0 Å². The Morgan fingerprint density at radius 2 is 1.31 bits per heavy atom. The Bertz CT molecular complexity index is 267. The largest absolute Gasteiger partial charge is 0.133 e. The molecule has 13 heavy (non-hydrogen) atoms. The van der Waals surface area contributed by atoms with Gasteiger partial charge in [0.2, 0.25) is 0 Å². The van der Waals surface area contributed by atoms with Gasteiger partial charge in [0.15, 0.2) is 0 Å². The van der Waals surface area contributed by atoms with Crippen LogP contribution in [-0.4, -0.2) is 0 Å². The summed E-state index contributed by atoms with van der Waals surface area (Å²) in [6.45, 7) is 5.75. The van der Waals surface area contributed by atoms with E-state index in [0.29, 0.717) is 16.7 Å². The average Bonchev–Trinajstić information content (AvgIpc) is 2.03. The van der Waals surface area contributed by atoms with Crippen molar-refractivity contribution in [3.8, 4) is 0 Å². The first-order valence-corrected chi connectivity index (χ1v) is 5.23. The second-order valence-electron chi connectivity index (χ2n) is 2.45. The zero-order chi connectivity index (χ0) is 10.0. The van der Waals surface area contributed by atoms with Crippen LogP contribution in [0.4, 0.5) is 0 Å². The number of rotatable bonds is 2. The van der Waals surface area contributed by atoms with Crippen LogP contribution >= 0.6 is 46.4 Å². The maximum Gasteiger partial charge on any atom is 0.133 e. The maximum absolute atomic E-state index is 5.75. The zero-order valence-corrected chi connectivity index (χ0v) is 9.50. The minimum atomic E-state index is -0.660. The summed E-state index contributed by atoms with van der Waals surface area (Å²) in [5.74, 6) is 0. The molecule has 0 aliphatic rings. The van der Waals surface area contributed by atoms with Crippen LogP contribution in [0.15, 0.2) is 18.2 Å². The molecule has 0 unspecified atom stereocenters. The Morgan fingerprint density at radius 3 is 1.62 bits per heavy atom. The van der Waals surface area contributed by atoms with E-state index in [1.165, 1.54) is 0 Å². The fraction of sp³-hybridized carbons (Fsp3) is 0.222. The number of alkyl halides is 4. The zero-order valence-electron chi connectivity index (χ0n) is 6.48. The van der Waals surface area contributed by atoms with E-state index in [-0.39, 0.29) is 0 Å². The van der Waals surface area contributed by atoms with Crippen LogP contribution in [0.5, 0.6) is 0 Å². The van der Waals surface area contributed by atoms with Gasteiger partial charge in [-0.3, -0.25) is 0 Å². The lowest BCUT2D eigenvalue weighted by atomic mass is 10.0. The summed E-state index contributed by atoms with van der Waals surface area (Å²) < 4.78 is 0. The molecule has 2 radical (unpaired) electrons. The number of halogens is 4. The monoisotopic (exact) mass is 254 g/mol. The van der Waals surface area contributed by atoms with Crippen LogP contribution in [0.2, 0.25) is 0 Å². The maximum atomic E-state index is 5.75. The third kappa shape index (κ3) is 2.66. The molecular formula is C9H6Cl4. The Balaban J connectivity index is 3.18. The smallest absolute Gasteiger partial charge is 0.100 e. The summed E-state index contributed by atoms with van der Waals surface area (Å²) in [7, 11) is 0. The van der Waals surface area contributed by atoms with E-state index < -0.39 is 9.67 Å². The molecule has 1 aromatic rings. The fourth-order valence-corrected chi connectivity index (χ4v) is 1.74. The highest BCUT2D eigenvalue weighted by Crippen LogP contribution is 2.34. The van der Waals surface area contributed by atoms with Crippen LogP contribution in [0, 0.1) is 6.92 Å². The minimum Gasteiger partial charge on any atom is -0.100 e. The van der Waals surface area contributed by atoms with Gasteiger partial charge in [0.05, 0.1) is 0 Å². The highest BCUT2D eigenvalue weighted by molar-refractivity contribution is 6.45. The highest BCUT2D eigenvalue weighted by Gasteiger charge is 2.13. The summed E-state index contributed by atoms with van der Waals surface area (Å²) >= 11 is 22.7. The minimum absolute atomic E-state index is 0.451. The van der Waals surface area contributed by atoms with Gasteiger partial charge in [-0.1, -0.05) is 18.2 Å². The number of benzene rings is 1. The van der Waals surface area contributed by atoms with Crippen molar-refractivity contribution in [3.05, 3.63) is 41.8 Å². The fourth-order valence-electron chi connectivity index (χ4n) is 0.982. The predicted octanol–water partition coefficient (Wildman–Crippen LogP) is 4.70. The topological polar surface area (TPSA) is 0 Å². The Kier molecular flexibility index (Phi) is 4.18. The van der Waals surface area contributed by atoms with E-state index in [1.807, 2.05) is 0 Å². The molecule has 1 rings (SSSR count). The van der Waals surface area contributed by atoms with E-state index in [9.17, 15) is 0 Å². The van der Waals surface area contributed by atoms with Gasteiger partial charge in [0.1, 0.15) is 9.67 Å². The Labute approximate surface area is 97.7 Å². The molecule has 0 aromatic heterocycles. The van der Waals surface area contributed by atoms with Crippen molar-refractivity contribution in [2.45, 2.75) is 9.67 Å². The molecule has 0 spiro atoms. The van der Waals surface area contributed by atoms with Gasteiger partial charge in [0, 0.05) is 0 Å². The second-order valence-corrected chi connectivity index (χ2v) is 4.64. The summed E-state index contributed by atoms with van der Waals surface area (Å²) in [6, 6.07) is 5.23. The van der Waals surface area contributed by atoms with Gasteiger partial charge < -0.3 is 0 Å². The van der Waals surface area contributed by atoms with Crippen molar-refractivity contribution >= 4 is 46.4 Å². The van der Waals surface area contributed by atoms with Gasteiger partial charge in [-0.15, -0.1) is 46.4 Å². The molecule has 0 saturated heterocycles. The second kappa shape index (κ2) is 4.75. The van der Waals surface area contributed by atoms with E-state index in [0.717, 1.165) is 0 Å². The van der Waals surface area contributed by atoms with Crippen LogP contribution in [0.1, 0.15) is 26.4 Å². The highest BCUT2D eigenvalue weighted by atomic mass is 35.5. The molecule has 70 valence electrons. The van der Waals surface area contributed by atoms with Crippen LogP contribution in [0.3, 0.4) is 0 Å². The van der Waals surface area contributed by atoms with E-state index in [4.69, 9.17) is 53.3 Å². The van der Waals surface area contributed by atoms with Crippen molar-refractivity contribution in [1.29, 1.82) is 0 Å². The van der Waals surface area contributed by atoms with Crippen LogP contribution < -0.4 is 0 Å². The molecule has 0 atom stereocenters. The van der Waals surface area contributed by atoms with Gasteiger partial charge in [-0.25, -0.2) is 0 Å². The van der Waals surface area contributed by atoms with Gasteiger partial charge in [-0.05, 0) is 23.6 Å². The molecule has 0 aliphatic heterocycles. The standard InChI is InChI=1S/C9H6Cl4/c1-5-6(8(10)11)3-2-4-7(5)9(12)13/h1-4,8-9H. The number of hydrogen-bond donors (Lipinski definition) is 0. The third-order valence-corrected chi connectivity index (χ3v) is 2.58. The molecule has 0 nitrogen and oxygen atoms in total. The first-order valence-electron chi connectivity index (χ1n) is 3.48. The molecule has 0 aliphatic carbocycles. The normalized spacial score (nSPS) is 11.3. The van der Waals surface area contributed by atoms with Crippen molar-refractivity contribution in [3.63, 3.8) is 0 Å². The Hall–Kier alpha value is 0.380. The van der Waals surface area contributed by atoms with Gasteiger partial charge >= 0.3 is 0 Å². The van der Waals surface area contributed by atoms with E-state index in [1.54, 1.807) is 18.2 Å². The lowest BCUT2D eigenvalue weighted by Gasteiger charge is -2.11. The third-order valence-electron chi connectivity index (χ3n) is 1.64. The van der Waals surface area contributed by atoms with Crippen LogP contribution in [-0.2, 0) is 0 Å². The van der Waals surface area contributed by atoms with Crippen molar-refractivity contribution < 1.29 is 0 Å². The van der Waals surface area contributed by atoms with Crippen molar-refractivity contribution in [2.75, 3.05) is 0 Å². The predicted molar refractivity (Wildman–Crippen MR) is 58.7 cm³/mol. The molecule has 1 aromatic carbocycles. The average molecular weight is 256 g/mol.